The number of halogens is 3. The fourth-order valence-corrected chi connectivity index (χ4v) is 2.64. The van der Waals surface area contributed by atoms with E-state index >= 15 is 0 Å². The summed E-state index contributed by atoms with van der Waals surface area (Å²) in [5, 5.41) is 6.83. The zero-order chi connectivity index (χ0) is 14.3. The van der Waals surface area contributed by atoms with Crippen molar-refractivity contribution in [3.8, 4) is 0 Å². The topological polar surface area (TPSA) is 40.9 Å². The second-order valence-corrected chi connectivity index (χ2v) is 5.84. The van der Waals surface area contributed by atoms with Crippen LogP contribution < -0.4 is 0 Å². The Morgan fingerprint density at radius 2 is 1.79 bits per heavy atom. The molecule has 0 saturated carbocycles. The van der Waals surface area contributed by atoms with Gasteiger partial charge in [-0.25, -0.2) is 0 Å². The van der Waals surface area contributed by atoms with Crippen molar-refractivity contribution >= 4 is 17.0 Å². The third-order valence-electron chi connectivity index (χ3n) is 2.61. The fraction of sp³-hybridized carbons (Fsp3) is 0.462. The van der Waals surface area contributed by atoms with E-state index in [9.17, 15) is 17.4 Å². The van der Waals surface area contributed by atoms with Crippen LogP contribution >= 0.6 is 0 Å². The lowest BCUT2D eigenvalue weighted by Gasteiger charge is -2.07. The first kappa shape index (κ1) is 15.9. The Labute approximate surface area is 113 Å². The molecule has 0 aliphatic heterocycles. The summed E-state index contributed by atoms with van der Waals surface area (Å²) in [6.07, 6.45) is -1.27. The van der Waals surface area contributed by atoms with E-state index in [1.165, 1.54) is 18.3 Å². The van der Waals surface area contributed by atoms with Crippen LogP contribution in [0.25, 0.3) is 0 Å². The van der Waals surface area contributed by atoms with E-state index in [0.717, 1.165) is 17.7 Å². The summed E-state index contributed by atoms with van der Waals surface area (Å²) in [6, 6.07) is 5.06. The van der Waals surface area contributed by atoms with Crippen molar-refractivity contribution in [1.29, 1.82) is 5.41 Å². The second kappa shape index (κ2) is 7.43. The Hall–Kier alpha value is -1.17. The van der Waals surface area contributed by atoms with Gasteiger partial charge in [0, 0.05) is 22.3 Å². The van der Waals surface area contributed by atoms with Crippen LogP contribution in [0.2, 0.25) is 0 Å². The highest BCUT2D eigenvalue weighted by atomic mass is 32.2. The van der Waals surface area contributed by atoms with Gasteiger partial charge in [0.05, 0.1) is 5.56 Å². The average molecular weight is 291 g/mol. The molecule has 1 aromatic carbocycles. The number of benzene rings is 1. The van der Waals surface area contributed by atoms with Crippen LogP contribution in [0.15, 0.2) is 24.3 Å². The van der Waals surface area contributed by atoms with Crippen LogP contribution in [-0.2, 0) is 23.4 Å². The summed E-state index contributed by atoms with van der Waals surface area (Å²) in [5.74, 6) is 1.01. The SMILES string of the molecule is N=CCCS(=O)CCCc1ccc(C(F)(F)F)cc1. The molecule has 0 fully saturated rings. The fourth-order valence-electron chi connectivity index (χ4n) is 1.59. The van der Waals surface area contributed by atoms with Crippen molar-refractivity contribution in [1.82, 2.24) is 0 Å². The number of hydrogen-bond donors (Lipinski definition) is 1. The minimum Gasteiger partial charge on any atom is -0.313 e. The highest BCUT2D eigenvalue weighted by molar-refractivity contribution is 7.84. The lowest BCUT2D eigenvalue weighted by atomic mass is 10.1. The molecule has 0 spiro atoms. The van der Waals surface area contributed by atoms with E-state index in [1.807, 2.05) is 0 Å². The van der Waals surface area contributed by atoms with E-state index in [1.54, 1.807) is 0 Å². The molecule has 1 atom stereocenters. The lowest BCUT2D eigenvalue weighted by molar-refractivity contribution is -0.137. The number of aryl methyl sites for hydroxylation is 1. The van der Waals surface area contributed by atoms with Crippen molar-refractivity contribution in [3.05, 3.63) is 35.4 Å². The van der Waals surface area contributed by atoms with Gasteiger partial charge < -0.3 is 5.41 Å². The highest BCUT2D eigenvalue weighted by Crippen LogP contribution is 2.29. The second-order valence-electron chi connectivity index (χ2n) is 4.14. The van der Waals surface area contributed by atoms with Gasteiger partial charge in [0.25, 0.3) is 0 Å². The molecular formula is C13H16F3NOS. The van der Waals surface area contributed by atoms with Crippen LogP contribution in [-0.4, -0.2) is 21.9 Å². The first-order valence-corrected chi connectivity index (χ1v) is 7.42. The molecular weight excluding hydrogens is 275 g/mol. The Bertz CT molecular complexity index is 429. The number of nitrogens with one attached hydrogen (secondary N) is 1. The van der Waals surface area contributed by atoms with Gasteiger partial charge in [-0.1, -0.05) is 12.1 Å². The van der Waals surface area contributed by atoms with E-state index in [0.29, 0.717) is 30.8 Å². The Kier molecular flexibility index (Phi) is 6.21. The van der Waals surface area contributed by atoms with E-state index in [2.05, 4.69) is 0 Å². The van der Waals surface area contributed by atoms with Crippen molar-refractivity contribution < 1.29 is 17.4 Å². The maximum absolute atomic E-state index is 12.3. The summed E-state index contributed by atoms with van der Waals surface area (Å²) in [5.41, 5.74) is 0.169. The molecule has 2 nitrogen and oxygen atoms in total. The number of rotatable bonds is 7. The van der Waals surface area contributed by atoms with Gasteiger partial charge in [-0.2, -0.15) is 13.2 Å². The van der Waals surface area contributed by atoms with Crippen molar-refractivity contribution in [2.75, 3.05) is 11.5 Å². The van der Waals surface area contributed by atoms with Crippen molar-refractivity contribution in [2.45, 2.75) is 25.4 Å². The lowest BCUT2D eigenvalue weighted by Crippen LogP contribution is -2.05. The predicted molar refractivity (Wildman–Crippen MR) is 71.0 cm³/mol. The van der Waals surface area contributed by atoms with E-state index < -0.39 is 22.5 Å². The Balaban J connectivity index is 2.38. The van der Waals surface area contributed by atoms with Crippen LogP contribution in [0.4, 0.5) is 13.2 Å². The predicted octanol–water partition coefficient (Wildman–Crippen LogP) is 3.43. The van der Waals surface area contributed by atoms with Crippen LogP contribution in [0.1, 0.15) is 24.0 Å². The summed E-state index contributed by atoms with van der Waals surface area (Å²) >= 11 is 0. The van der Waals surface area contributed by atoms with Crippen LogP contribution in [0.5, 0.6) is 0 Å². The van der Waals surface area contributed by atoms with Crippen molar-refractivity contribution in [2.24, 2.45) is 0 Å². The van der Waals surface area contributed by atoms with Crippen LogP contribution in [0.3, 0.4) is 0 Å². The minimum absolute atomic E-state index is 0.483. The maximum Gasteiger partial charge on any atom is 0.416 e. The van der Waals surface area contributed by atoms with Crippen molar-refractivity contribution in [3.63, 3.8) is 0 Å². The zero-order valence-electron chi connectivity index (χ0n) is 10.4. The quantitative estimate of drug-likeness (QED) is 0.768. The summed E-state index contributed by atoms with van der Waals surface area (Å²) < 4.78 is 48.4. The molecule has 0 aliphatic carbocycles. The molecule has 19 heavy (non-hydrogen) atoms. The van der Waals surface area contributed by atoms with E-state index in [-0.39, 0.29) is 0 Å². The highest BCUT2D eigenvalue weighted by Gasteiger charge is 2.29. The number of hydrogen-bond acceptors (Lipinski definition) is 2. The van der Waals surface area contributed by atoms with Gasteiger partial charge in [0.15, 0.2) is 0 Å². The summed E-state index contributed by atoms with van der Waals surface area (Å²) in [4.78, 5) is 0. The Morgan fingerprint density at radius 3 is 2.32 bits per heavy atom. The minimum atomic E-state index is -4.30. The molecule has 1 rings (SSSR count). The first-order valence-electron chi connectivity index (χ1n) is 5.93. The molecule has 0 amide bonds. The molecule has 106 valence electrons. The van der Waals surface area contributed by atoms with Gasteiger partial charge in [-0.05, 0) is 43.2 Å². The molecule has 0 saturated heterocycles. The van der Waals surface area contributed by atoms with Gasteiger partial charge in [-0.15, -0.1) is 0 Å². The smallest absolute Gasteiger partial charge is 0.313 e. The molecule has 1 aromatic rings. The summed E-state index contributed by atoms with van der Waals surface area (Å²) in [6.45, 7) is 0. The standard InChI is InChI=1S/C13H16F3NOS/c14-13(15,16)12-6-4-11(5-7-12)3-1-9-19(18)10-2-8-17/h4-8,17H,1-3,9-10H2. The van der Waals surface area contributed by atoms with Gasteiger partial charge in [-0.3, -0.25) is 4.21 Å². The third kappa shape index (κ3) is 6.00. The molecule has 0 radical (unpaired) electrons. The molecule has 0 aromatic heterocycles. The van der Waals surface area contributed by atoms with Gasteiger partial charge in [0.2, 0.25) is 0 Å². The maximum atomic E-state index is 12.3. The summed E-state index contributed by atoms with van der Waals surface area (Å²) in [7, 11) is -0.943. The monoisotopic (exact) mass is 291 g/mol. The molecule has 1 N–H and O–H groups in total. The normalized spacial score (nSPS) is 13.2. The van der Waals surface area contributed by atoms with Gasteiger partial charge in [0.1, 0.15) is 0 Å². The zero-order valence-corrected chi connectivity index (χ0v) is 11.2. The molecule has 0 heterocycles. The number of alkyl halides is 3. The van der Waals surface area contributed by atoms with E-state index in [4.69, 9.17) is 5.41 Å². The Morgan fingerprint density at radius 1 is 1.16 bits per heavy atom. The molecule has 1 unspecified atom stereocenters. The molecule has 0 aliphatic rings. The molecule has 0 bridgehead atoms. The van der Waals surface area contributed by atoms with Crippen LogP contribution in [0, 0.1) is 5.41 Å². The average Bonchev–Trinajstić information content (AvgIpc) is 2.36. The van der Waals surface area contributed by atoms with Gasteiger partial charge >= 0.3 is 6.18 Å². The molecule has 6 heteroatoms. The largest absolute Gasteiger partial charge is 0.416 e. The first-order chi connectivity index (χ1) is 8.93. The third-order valence-corrected chi connectivity index (χ3v) is 4.04.